The first-order valence-electron chi connectivity index (χ1n) is 16.9. The standard InChI is InChI=1S/C35H35ClF6N8O5S/c1-32(2,3)17-34(21-6-7-22(24(37)12-21)20-14-45-48(15-20)56(4,53)54)30(52)49(31(43)47-34)26(16-55-27(51)13-33(9-10-33)35(40,41)42)19-5-8-23(36)25(11-19)50-29(28(38)39)44-18-46-50/h5-8,11-12,14-15,18,26,28H,9-10,13,16-17H2,1-4H3,(H2,43,47)/t26-,34-/m1/s1. The largest absolute Gasteiger partial charge is 0.463 e. The predicted molar refractivity (Wildman–Crippen MR) is 189 cm³/mol. The van der Waals surface area contributed by atoms with Gasteiger partial charge in [0, 0.05) is 11.1 Å². The molecule has 3 heterocycles. The maximum absolute atomic E-state index is 16.0. The number of esters is 1. The van der Waals surface area contributed by atoms with E-state index in [1.807, 2.05) is 0 Å². The van der Waals surface area contributed by atoms with Crippen molar-refractivity contribution in [3.63, 3.8) is 0 Å². The summed E-state index contributed by atoms with van der Waals surface area (Å²) in [6, 6.07) is 6.27. The van der Waals surface area contributed by atoms with Crippen LogP contribution < -0.4 is 5.73 Å². The minimum absolute atomic E-state index is 0.0391. The Balaban J connectivity index is 1.43. The fourth-order valence-electron chi connectivity index (χ4n) is 6.72. The molecule has 300 valence electrons. The minimum atomic E-state index is -4.66. The molecule has 2 aromatic carbocycles. The van der Waals surface area contributed by atoms with Crippen LogP contribution in [0.15, 0.2) is 60.1 Å². The van der Waals surface area contributed by atoms with Crippen molar-refractivity contribution in [2.75, 3.05) is 12.9 Å². The first kappa shape index (κ1) is 40.7. The summed E-state index contributed by atoms with van der Waals surface area (Å²) in [4.78, 5) is 37.0. The fraction of sp³-hybridized carbons (Fsp3) is 0.429. The van der Waals surface area contributed by atoms with E-state index in [0.717, 1.165) is 40.6 Å². The Morgan fingerprint density at radius 1 is 1.09 bits per heavy atom. The van der Waals surface area contributed by atoms with Crippen LogP contribution >= 0.6 is 11.6 Å². The third-order valence-electron chi connectivity index (χ3n) is 9.57. The highest BCUT2D eigenvalue weighted by atomic mass is 35.5. The van der Waals surface area contributed by atoms with E-state index in [1.165, 1.54) is 30.3 Å². The highest BCUT2D eigenvalue weighted by Gasteiger charge is 2.64. The Labute approximate surface area is 321 Å². The van der Waals surface area contributed by atoms with Crippen molar-refractivity contribution in [2.45, 2.75) is 70.6 Å². The molecule has 2 aliphatic rings. The normalized spacial score (nSPS) is 19.0. The third kappa shape index (κ3) is 7.72. The zero-order valence-electron chi connectivity index (χ0n) is 30.2. The van der Waals surface area contributed by atoms with Gasteiger partial charge in [-0.1, -0.05) is 50.6 Å². The van der Waals surface area contributed by atoms with E-state index >= 15 is 4.39 Å². The lowest BCUT2D eigenvalue weighted by molar-refractivity contribution is -0.195. The Hall–Kier alpha value is -4.98. The zero-order valence-corrected chi connectivity index (χ0v) is 31.8. The van der Waals surface area contributed by atoms with Crippen LogP contribution in [0.1, 0.15) is 75.9 Å². The molecule has 2 atom stereocenters. The number of aliphatic imine (C=N–C) groups is 1. The number of aromatic nitrogens is 5. The number of alkyl halides is 5. The number of nitrogens with zero attached hydrogens (tertiary/aromatic N) is 7. The van der Waals surface area contributed by atoms with Crippen LogP contribution in [0.5, 0.6) is 0 Å². The van der Waals surface area contributed by atoms with Crippen molar-refractivity contribution in [2.24, 2.45) is 21.6 Å². The van der Waals surface area contributed by atoms with Crippen LogP contribution in [-0.4, -0.2) is 74.1 Å². The number of nitrogens with two attached hydrogens (primary N) is 1. The second kappa shape index (κ2) is 14.2. The Bertz CT molecular complexity index is 2340. The van der Waals surface area contributed by atoms with Gasteiger partial charge < -0.3 is 10.5 Å². The van der Waals surface area contributed by atoms with Crippen molar-refractivity contribution >= 4 is 39.5 Å². The Kier molecular flexibility index (Phi) is 10.3. The van der Waals surface area contributed by atoms with Crippen molar-refractivity contribution in [3.8, 4) is 16.8 Å². The molecular weight excluding hydrogens is 794 g/mol. The molecule has 21 heteroatoms. The average molecular weight is 829 g/mol. The number of ether oxygens (including phenoxy) is 1. The molecule has 56 heavy (non-hydrogen) atoms. The molecular formula is C35H35ClF6N8O5S. The summed E-state index contributed by atoms with van der Waals surface area (Å²) in [5, 5.41) is 7.54. The van der Waals surface area contributed by atoms with Gasteiger partial charge in [-0.3, -0.25) is 14.5 Å². The smallest absolute Gasteiger partial charge is 0.395 e. The lowest BCUT2D eigenvalue weighted by Crippen LogP contribution is -2.47. The molecule has 1 saturated carbocycles. The SMILES string of the molecule is CC(C)(C)C[C@]1(c2ccc(-c3cnn(S(C)(=O)=O)c3)c(F)c2)N=C(N)N([C@H](COC(=O)CC2(C(F)(F)F)CC2)c2ccc(Cl)c(-n3ncnc3C(F)F)c2)C1=O. The van der Waals surface area contributed by atoms with E-state index in [0.29, 0.717) is 4.09 Å². The summed E-state index contributed by atoms with van der Waals surface area (Å²) < 4.78 is 116. The number of carbonyl (C=O) groups excluding carboxylic acids is 2. The van der Waals surface area contributed by atoms with E-state index in [4.69, 9.17) is 22.1 Å². The highest BCUT2D eigenvalue weighted by Crippen LogP contribution is 2.60. The second-order valence-electron chi connectivity index (χ2n) is 15.0. The molecule has 1 fully saturated rings. The Morgan fingerprint density at radius 3 is 2.36 bits per heavy atom. The number of amides is 1. The van der Waals surface area contributed by atoms with E-state index in [-0.39, 0.29) is 52.2 Å². The van der Waals surface area contributed by atoms with E-state index in [1.54, 1.807) is 20.8 Å². The average Bonchev–Trinajstić information content (AvgIpc) is 3.39. The number of benzene rings is 2. The molecule has 4 aromatic rings. The highest BCUT2D eigenvalue weighted by molar-refractivity contribution is 7.89. The quantitative estimate of drug-likeness (QED) is 0.124. The van der Waals surface area contributed by atoms with Gasteiger partial charge in [0.2, 0.25) is 0 Å². The van der Waals surface area contributed by atoms with Gasteiger partial charge >= 0.3 is 12.1 Å². The van der Waals surface area contributed by atoms with E-state index in [2.05, 4.69) is 20.2 Å². The lowest BCUT2D eigenvalue weighted by atomic mass is 9.75. The second-order valence-corrected chi connectivity index (χ2v) is 17.2. The summed E-state index contributed by atoms with van der Waals surface area (Å²) in [5.74, 6) is -4.11. The molecule has 0 radical (unpaired) electrons. The summed E-state index contributed by atoms with van der Waals surface area (Å²) in [6.45, 7) is 4.60. The number of rotatable bonds is 12. The topological polar surface area (TPSA) is 168 Å². The van der Waals surface area contributed by atoms with Crippen LogP contribution in [-0.2, 0) is 29.9 Å². The number of carbonyl (C=O) groups is 2. The summed E-state index contributed by atoms with van der Waals surface area (Å²) in [6.07, 6.45) is -5.27. The number of hydrogen-bond acceptors (Lipinski definition) is 10. The molecule has 0 unspecified atom stereocenters. The number of hydrogen-bond donors (Lipinski definition) is 1. The molecule has 1 aliphatic heterocycles. The minimum Gasteiger partial charge on any atom is -0.463 e. The van der Waals surface area contributed by atoms with Gasteiger partial charge in [-0.25, -0.2) is 36.2 Å². The van der Waals surface area contributed by atoms with Crippen LogP contribution in [0.3, 0.4) is 0 Å². The molecule has 13 nitrogen and oxygen atoms in total. The molecule has 6 rings (SSSR count). The van der Waals surface area contributed by atoms with Gasteiger partial charge in [-0.15, -0.1) is 0 Å². The molecule has 0 spiro atoms. The first-order chi connectivity index (χ1) is 26.0. The molecule has 1 amide bonds. The maximum Gasteiger partial charge on any atom is 0.395 e. The summed E-state index contributed by atoms with van der Waals surface area (Å²) in [7, 11) is -3.78. The predicted octanol–water partition coefficient (Wildman–Crippen LogP) is 6.47. The van der Waals surface area contributed by atoms with Gasteiger partial charge in [0.25, 0.3) is 22.4 Å². The molecule has 0 bridgehead atoms. The summed E-state index contributed by atoms with van der Waals surface area (Å²) >= 11 is 6.40. The van der Waals surface area contributed by atoms with Gasteiger partial charge in [-0.05, 0) is 54.0 Å². The van der Waals surface area contributed by atoms with Crippen LogP contribution in [0.4, 0.5) is 26.3 Å². The Morgan fingerprint density at radius 2 is 1.79 bits per heavy atom. The van der Waals surface area contributed by atoms with Crippen molar-refractivity contribution in [1.82, 2.24) is 28.9 Å². The molecule has 0 saturated heterocycles. The van der Waals surface area contributed by atoms with Crippen molar-refractivity contribution in [1.29, 1.82) is 0 Å². The van der Waals surface area contributed by atoms with Gasteiger partial charge in [0.05, 0.1) is 47.2 Å². The van der Waals surface area contributed by atoms with Crippen LogP contribution in [0, 0.1) is 16.6 Å². The van der Waals surface area contributed by atoms with Crippen molar-refractivity contribution < 1.29 is 49.1 Å². The fourth-order valence-corrected chi connectivity index (χ4v) is 7.44. The molecule has 2 N–H and O–H groups in total. The van der Waals surface area contributed by atoms with E-state index < -0.39 is 87.5 Å². The third-order valence-corrected chi connectivity index (χ3v) is 10.8. The number of halogens is 7. The van der Waals surface area contributed by atoms with Gasteiger partial charge in [-0.2, -0.15) is 27.5 Å². The zero-order chi connectivity index (χ0) is 41.2. The monoisotopic (exact) mass is 828 g/mol. The van der Waals surface area contributed by atoms with Gasteiger partial charge in [0.15, 0.2) is 17.3 Å². The number of guanidine groups is 1. The first-order valence-corrected chi connectivity index (χ1v) is 19.1. The lowest BCUT2D eigenvalue weighted by Gasteiger charge is -2.35. The maximum atomic E-state index is 16.0. The molecule has 1 aliphatic carbocycles. The van der Waals surface area contributed by atoms with E-state index in [9.17, 15) is 40.0 Å². The molecule has 2 aromatic heterocycles. The summed E-state index contributed by atoms with van der Waals surface area (Å²) in [5.41, 5.74) is 1.72. The van der Waals surface area contributed by atoms with Crippen LogP contribution in [0.2, 0.25) is 5.02 Å². The van der Waals surface area contributed by atoms with Crippen molar-refractivity contribution in [3.05, 3.63) is 82.9 Å². The van der Waals surface area contributed by atoms with Crippen LogP contribution in [0.25, 0.3) is 16.8 Å². The van der Waals surface area contributed by atoms with Gasteiger partial charge in [0.1, 0.15) is 18.8 Å².